The number of para-hydroxylation sites is 1. The van der Waals surface area contributed by atoms with Gasteiger partial charge in [-0.15, -0.1) is 0 Å². The van der Waals surface area contributed by atoms with Gasteiger partial charge in [0.05, 0.1) is 13.1 Å². The molecule has 0 N–H and O–H groups in total. The van der Waals surface area contributed by atoms with Crippen molar-refractivity contribution in [2.75, 3.05) is 31.6 Å². The predicted molar refractivity (Wildman–Crippen MR) is 129 cm³/mol. The van der Waals surface area contributed by atoms with Gasteiger partial charge in [0.25, 0.3) is 5.91 Å². The number of fused-ring (bicyclic) bond motifs is 2. The van der Waals surface area contributed by atoms with E-state index in [0.717, 1.165) is 35.9 Å². The van der Waals surface area contributed by atoms with Crippen molar-refractivity contribution < 1.29 is 14.2 Å². The zero-order valence-corrected chi connectivity index (χ0v) is 19.2. The standard InChI is InChI=1S/C26H28N5O2/c1-18-16-30(21-14-8-7-10-19(21)2)25-27-23-22(31(25)17-18)24(32)29(26(33)28(23)3)15-9-13-20-11-5-4-6-12-20/h4-14,18,22H,15-17H2,1-3H3/q+1/b13-9+. The Hall–Kier alpha value is -3.74. The van der Waals surface area contributed by atoms with E-state index in [-0.39, 0.29) is 18.5 Å². The van der Waals surface area contributed by atoms with E-state index >= 15 is 0 Å². The minimum Gasteiger partial charge on any atom is -0.270 e. The lowest BCUT2D eigenvalue weighted by Crippen LogP contribution is -2.63. The molecule has 3 aliphatic rings. The topological polar surface area (TPSA) is 59.2 Å². The van der Waals surface area contributed by atoms with Crippen LogP contribution >= 0.6 is 0 Å². The van der Waals surface area contributed by atoms with Crippen LogP contribution in [0.3, 0.4) is 0 Å². The van der Waals surface area contributed by atoms with E-state index in [1.165, 1.54) is 9.80 Å². The first-order valence-electron chi connectivity index (χ1n) is 11.3. The molecule has 3 amide bonds. The van der Waals surface area contributed by atoms with Gasteiger partial charge in [-0.1, -0.05) is 72.6 Å². The summed E-state index contributed by atoms with van der Waals surface area (Å²) >= 11 is 0. The van der Waals surface area contributed by atoms with E-state index in [1.807, 2.05) is 54.6 Å². The Labute approximate surface area is 193 Å². The van der Waals surface area contributed by atoms with Crippen LogP contribution in [0.2, 0.25) is 0 Å². The Kier molecular flexibility index (Phi) is 5.32. The number of amides is 3. The number of urea groups is 1. The molecule has 33 heavy (non-hydrogen) atoms. The highest BCUT2D eigenvalue weighted by Gasteiger charge is 2.54. The first-order chi connectivity index (χ1) is 16.0. The third kappa shape index (κ3) is 3.63. The quantitative estimate of drug-likeness (QED) is 0.684. The van der Waals surface area contributed by atoms with Crippen LogP contribution < -0.4 is 4.90 Å². The van der Waals surface area contributed by atoms with Crippen LogP contribution in [-0.2, 0) is 4.79 Å². The first-order valence-corrected chi connectivity index (χ1v) is 11.3. The summed E-state index contributed by atoms with van der Waals surface area (Å²) in [6, 6.07) is 17.1. The van der Waals surface area contributed by atoms with Crippen molar-refractivity contribution in [1.29, 1.82) is 0 Å². The number of likely N-dealkylation sites (N-methyl/N-ethyl adjacent to an activating group) is 1. The second-order valence-electron chi connectivity index (χ2n) is 8.93. The average molecular weight is 443 g/mol. The van der Waals surface area contributed by atoms with Gasteiger partial charge in [-0.3, -0.25) is 14.6 Å². The number of hydrogen-bond acceptors (Lipinski definition) is 4. The average Bonchev–Trinajstić information content (AvgIpc) is 3.20. The van der Waals surface area contributed by atoms with Crippen molar-refractivity contribution in [3.05, 3.63) is 71.8 Å². The molecule has 0 aromatic heterocycles. The maximum atomic E-state index is 13.6. The van der Waals surface area contributed by atoms with Gasteiger partial charge in [-0.05, 0) is 24.1 Å². The number of imide groups is 1. The lowest BCUT2D eigenvalue weighted by Gasteiger charge is -2.35. The van der Waals surface area contributed by atoms with Crippen LogP contribution in [0.15, 0.2) is 65.7 Å². The molecule has 1 saturated heterocycles. The molecule has 0 bridgehead atoms. The molecule has 2 atom stereocenters. The number of aliphatic imine (C=N–C) groups is 1. The fraction of sp³-hybridized carbons (Fsp3) is 0.308. The van der Waals surface area contributed by atoms with Gasteiger partial charge in [0, 0.05) is 19.5 Å². The number of guanidine groups is 1. The molecule has 7 heteroatoms. The van der Waals surface area contributed by atoms with Crippen LogP contribution in [0.4, 0.5) is 10.5 Å². The van der Waals surface area contributed by atoms with Gasteiger partial charge in [0.2, 0.25) is 11.9 Å². The van der Waals surface area contributed by atoms with E-state index in [1.54, 1.807) is 7.05 Å². The van der Waals surface area contributed by atoms with Crippen molar-refractivity contribution in [3.8, 4) is 0 Å². The third-order valence-corrected chi connectivity index (χ3v) is 6.44. The molecular formula is C26H28N5O2+. The van der Waals surface area contributed by atoms with Crippen LogP contribution in [0.1, 0.15) is 18.1 Å². The SMILES string of the molecule is Cc1ccccc1N1CC(C)C[N+]2=C1N=C1C2C(=O)N(C/C=C/c2ccccc2)C(=O)N1C. The minimum atomic E-state index is -0.581. The molecule has 0 aliphatic carbocycles. The van der Waals surface area contributed by atoms with Crippen molar-refractivity contribution in [1.82, 2.24) is 9.80 Å². The number of aryl methyl sites for hydroxylation is 1. The summed E-state index contributed by atoms with van der Waals surface area (Å²) < 4.78 is 2.06. The minimum absolute atomic E-state index is 0.219. The van der Waals surface area contributed by atoms with Gasteiger partial charge in [-0.25, -0.2) is 14.3 Å². The van der Waals surface area contributed by atoms with Crippen LogP contribution in [0.5, 0.6) is 0 Å². The fourth-order valence-electron chi connectivity index (χ4n) is 4.79. The highest BCUT2D eigenvalue weighted by Crippen LogP contribution is 2.29. The monoisotopic (exact) mass is 442 g/mol. The summed E-state index contributed by atoms with van der Waals surface area (Å²) in [5.74, 6) is 1.38. The predicted octanol–water partition coefficient (Wildman–Crippen LogP) is 3.21. The van der Waals surface area contributed by atoms with E-state index in [4.69, 9.17) is 4.99 Å². The van der Waals surface area contributed by atoms with Crippen molar-refractivity contribution >= 4 is 35.5 Å². The summed E-state index contributed by atoms with van der Waals surface area (Å²) in [7, 11) is 1.70. The smallest absolute Gasteiger partial charge is 0.270 e. The van der Waals surface area contributed by atoms with Crippen molar-refractivity contribution in [2.24, 2.45) is 10.9 Å². The summed E-state index contributed by atoms with van der Waals surface area (Å²) in [6.07, 6.45) is 3.79. The van der Waals surface area contributed by atoms with Gasteiger partial charge >= 0.3 is 12.0 Å². The number of hydrogen-bond donors (Lipinski definition) is 0. The largest absolute Gasteiger partial charge is 0.397 e. The molecule has 2 aromatic rings. The Bertz CT molecular complexity index is 1200. The number of nitrogens with zero attached hydrogens (tertiary/aromatic N) is 5. The van der Waals surface area contributed by atoms with E-state index in [2.05, 4.69) is 35.5 Å². The molecule has 2 unspecified atom stereocenters. The molecule has 3 heterocycles. The molecular weight excluding hydrogens is 414 g/mol. The van der Waals surface area contributed by atoms with Gasteiger partial charge in [-0.2, -0.15) is 0 Å². The second-order valence-corrected chi connectivity index (χ2v) is 8.93. The molecule has 0 spiro atoms. The fourth-order valence-corrected chi connectivity index (χ4v) is 4.79. The van der Waals surface area contributed by atoms with Crippen molar-refractivity contribution in [2.45, 2.75) is 19.9 Å². The number of anilines is 1. The van der Waals surface area contributed by atoms with Gasteiger partial charge < -0.3 is 0 Å². The molecule has 0 saturated carbocycles. The van der Waals surface area contributed by atoms with Crippen LogP contribution in [0, 0.1) is 12.8 Å². The third-order valence-electron chi connectivity index (χ3n) is 6.44. The Morgan fingerprint density at radius 1 is 1.09 bits per heavy atom. The molecule has 168 valence electrons. The molecule has 7 nitrogen and oxygen atoms in total. The number of carbonyl (C=O) groups is 2. The number of amidine groups is 1. The molecule has 2 aromatic carbocycles. The zero-order valence-electron chi connectivity index (χ0n) is 19.2. The lowest BCUT2D eigenvalue weighted by molar-refractivity contribution is -0.545. The van der Waals surface area contributed by atoms with E-state index in [0.29, 0.717) is 11.8 Å². The van der Waals surface area contributed by atoms with E-state index < -0.39 is 6.04 Å². The van der Waals surface area contributed by atoms with E-state index in [9.17, 15) is 9.59 Å². The van der Waals surface area contributed by atoms with Gasteiger partial charge in [0.15, 0.2) is 0 Å². The van der Waals surface area contributed by atoms with Crippen molar-refractivity contribution in [3.63, 3.8) is 0 Å². The highest BCUT2D eigenvalue weighted by atomic mass is 16.2. The second kappa shape index (κ2) is 8.31. The zero-order chi connectivity index (χ0) is 23.1. The van der Waals surface area contributed by atoms with Crippen LogP contribution in [-0.4, -0.2) is 70.8 Å². The normalized spacial score (nSPS) is 22.8. The lowest BCUT2D eigenvalue weighted by atomic mass is 10.1. The molecule has 5 rings (SSSR count). The summed E-state index contributed by atoms with van der Waals surface area (Å²) in [6.45, 7) is 6.02. The summed E-state index contributed by atoms with van der Waals surface area (Å²) in [4.78, 5) is 36.5. The van der Waals surface area contributed by atoms with Gasteiger partial charge in [0.1, 0.15) is 5.69 Å². The summed E-state index contributed by atoms with van der Waals surface area (Å²) in [5, 5.41) is 0. The number of carbonyl (C=O) groups excluding carboxylic acids is 2. The van der Waals surface area contributed by atoms with Crippen LogP contribution in [0.25, 0.3) is 6.08 Å². The Balaban J connectivity index is 1.47. The Morgan fingerprint density at radius 3 is 2.58 bits per heavy atom. The molecule has 1 fully saturated rings. The molecule has 3 aliphatic heterocycles. The number of benzene rings is 2. The molecule has 0 radical (unpaired) electrons. The Morgan fingerprint density at radius 2 is 1.82 bits per heavy atom. The maximum Gasteiger partial charge on any atom is 0.397 e. The summed E-state index contributed by atoms with van der Waals surface area (Å²) in [5.41, 5.74) is 3.26. The maximum absolute atomic E-state index is 13.6. The highest BCUT2D eigenvalue weighted by molar-refractivity contribution is 6.24. The first kappa shape index (κ1) is 21.1. The number of rotatable bonds is 4.